The number of carbonyl (C=O) groups excluding carboxylic acids is 2. The molecule has 104 valence electrons. The number of amides is 1. The van der Waals surface area contributed by atoms with Gasteiger partial charge in [-0.05, 0) is 44.4 Å². The monoisotopic (exact) mass is 281 g/mol. The molecule has 1 aromatic rings. The van der Waals surface area contributed by atoms with Crippen molar-refractivity contribution in [3.8, 4) is 0 Å². The summed E-state index contributed by atoms with van der Waals surface area (Å²) < 4.78 is 4.92. The Morgan fingerprint density at radius 2 is 1.84 bits per heavy atom. The number of benzene rings is 1. The molecule has 0 bridgehead atoms. The molecule has 0 spiro atoms. The van der Waals surface area contributed by atoms with Gasteiger partial charge in [-0.2, -0.15) is 11.8 Å². The summed E-state index contributed by atoms with van der Waals surface area (Å²) in [5.41, 5.74) is 1.30. The van der Waals surface area contributed by atoms with Crippen LogP contribution in [0.4, 0.5) is 5.69 Å². The summed E-state index contributed by atoms with van der Waals surface area (Å²) in [6, 6.07) is 6.91. The Hall–Kier alpha value is -1.49. The van der Waals surface area contributed by atoms with Crippen LogP contribution >= 0.6 is 11.8 Å². The van der Waals surface area contributed by atoms with Crippen molar-refractivity contribution in [2.75, 3.05) is 30.1 Å². The summed E-state index contributed by atoms with van der Waals surface area (Å²) in [6.45, 7) is 4.66. The zero-order valence-corrected chi connectivity index (χ0v) is 12.3. The van der Waals surface area contributed by atoms with Crippen LogP contribution in [0.2, 0.25) is 0 Å². The number of anilines is 1. The van der Waals surface area contributed by atoms with Crippen molar-refractivity contribution >= 4 is 29.3 Å². The molecule has 4 nitrogen and oxygen atoms in total. The predicted molar refractivity (Wildman–Crippen MR) is 78.8 cm³/mol. The lowest BCUT2D eigenvalue weighted by atomic mass is 10.2. The number of hydrogen-bond acceptors (Lipinski definition) is 4. The molecule has 19 heavy (non-hydrogen) atoms. The van der Waals surface area contributed by atoms with Gasteiger partial charge in [-0.15, -0.1) is 0 Å². The van der Waals surface area contributed by atoms with Crippen molar-refractivity contribution in [1.82, 2.24) is 0 Å². The molecular weight excluding hydrogens is 262 g/mol. The zero-order valence-electron chi connectivity index (χ0n) is 11.5. The van der Waals surface area contributed by atoms with Crippen LogP contribution in [0, 0.1) is 0 Å². The van der Waals surface area contributed by atoms with Gasteiger partial charge in [0.05, 0.1) is 17.9 Å². The summed E-state index contributed by atoms with van der Waals surface area (Å²) in [6.07, 6.45) is 1.90. The third-order valence-corrected chi connectivity index (χ3v) is 3.11. The van der Waals surface area contributed by atoms with Crippen LogP contribution in [0.1, 0.15) is 24.2 Å². The highest BCUT2D eigenvalue weighted by molar-refractivity contribution is 7.99. The van der Waals surface area contributed by atoms with Crippen molar-refractivity contribution in [3.05, 3.63) is 29.8 Å². The van der Waals surface area contributed by atoms with Crippen LogP contribution in [-0.2, 0) is 9.53 Å². The second kappa shape index (κ2) is 7.84. The van der Waals surface area contributed by atoms with E-state index in [2.05, 4.69) is 0 Å². The third-order valence-electron chi connectivity index (χ3n) is 2.58. The summed E-state index contributed by atoms with van der Waals surface area (Å²) in [7, 11) is 0. The van der Waals surface area contributed by atoms with Gasteiger partial charge in [0, 0.05) is 12.2 Å². The molecule has 0 aliphatic rings. The van der Waals surface area contributed by atoms with E-state index in [1.807, 2.05) is 13.2 Å². The molecule has 0 aliphatic heterocycles. The van der Waals surface area contributed by atoms with Crippen LogP contribution in [0.15, 0.2) is 24.3 Å². The Bertz CT molecular complexity index is 431. The van der Waals surface area contributed by atoms with Crippen molar-refractivity contribution in [2.45, 2.75) is 13.8 Å². The Morgan fingerprint density at radius 1 is 1.21 bits per heavy atom. The predicted octanol–water partition coefficient (Wildman–Crippen LogP) is 2.58. The van der Waals surface area contributed by atoms with Crippen molar-refractivity contribution < 1.29 is 14.3 Å². The van der Waals surface area contributed by atoms with Gasteiger partial charge >= 0.3 is 5.97 Å². The zero-order chi connectivity index (χ0) is 14.3. The lowest BCUT2D eigenvalue weighted by molar-refractivity contribution is -0.116. The second-order valence-electron chi connectivity index (χ2n) is 3.84. The van der Waals surface area contributed by atoms with E-state index in [0.717, 1.165) is 5.69 Å². The molecule has 0 aromatic heterocycles. The first kappa shape index (κ1) is 15.6. The number of carbonyl (C=O) groups is 2. The second-order valence-corrected chi connectivity index (χ2v) is 4.70. The lowest BCUT2D eigenvalue weighted by Crippen LogP contribution is -2.32. The maximum atomic E-state index is 11.9. The molecule has 0 saturated carbocycles. The molecule has 0 unspecified atom stereocenters. The molecule has 1 aromatic carbocycles. The van der Waals surface area contributed by atoms with Crippen LogP contribution in [0.5, 0.6) is 0 Å². The third kappa shape index (κ3) is 4.28. The molecule has 0 aliphatic carbocycles. The average molecular weight is 281 g/mol. The molecule has 1 rings (SSSR count). The fraction of sp³-hybridized carbons (Fsp3) is 0.429. The Labute approximate surface area is 118 Å². The van der Waals surface area contributed by atoms with Gasteiger partial charge in [0.15, 0.2) is 0 Å². The SMILES string of the molecule is CCOC(=O)c1ccc(N(CC)C(=O)CSC)cc1. The number of hydrogen-bond donors (Lipinski definition) is 0. The minimum absolute atomic E-state index is 0.0684. The number of esters is 1. The minimum atomic E-state index is -0.340. The summed E-state index contributed by atoms with van der Waals surface area (Å²) in [5.74, 6) is 0.180. The molecule has 0 radical (unpaired) electrons. The molecule has 0 heterocycles. The van der Waals surface area contributed by atoms with E-state index >= 15 is 0 Å². The van der Waals surface area contributed by atoms with E-state index in [1.54, 1.807) is 36.1 Å². The van der Waals surface area contributed by atoms with E-state index in [4.69, 9.17) is 4.74 Å². The Morgan fingerprint density at radius 3 is 2.32 bits per heavy atom. The van der Waals surface area contributed by atoms with E-state index in [-0.39, 0.29) is 11.9 Å². The van der Waals surface area contributed by atoms with Gasteiger partial charge in [0.2, 0.25) is 5.91 Å². The van der Waals surface area contributed by atoms with Crippen LogP contribution < -0.4 is 4.90 Å². The molecule has 0 fully saturated rings. The standard InChI is InChI=1S/C14H19NO3S/c1-4-15(13(16)10-19-3)12-8-6-11(7-9-12)14(17)18-5-2/h6-9H,4-5,10H2,1-3H3. The normalized spacial score (nSPS) is 10.1. The number of thioether (sulfide) groups is 1. The van der Waals surface area contributed by atoms with Gasteiger partial charge in [-0.25, -0.2) is 4.79 Å². The van der Waals surface area contributed by atoms with Gasteiger partial charge in [-0.3, -0.25) is 4.79 Å². The molecule has 5 heteroatoms. The summed E-state index contributed by atoms with van der Waals surface area (Å²) in [4.78, 5) is 25.1. The van der Waals surface area contributed by atoms with Gasteiger partial charge < -0.3 is 9.64 Å². The van der Waals surface area contributed by atoms with Gasteiger partial charge in [0.1, 0.15) is 0 Å². The fourth-order valence-corrected chi connectivity index (χ4v) is 2.10. The first-order chi connectivity index (χ1) is 9.13. The summed E-state index contributed by atoms with van der Waals surface area (Å²) in [5, 5.41) is 0. The van der Waals surface area contributed by atoms with Gasteiger partial charge in [-0.1, -0.05) is 0 Å². The van der Waals surface area contributed by atoms with Crippen LogP contribution in [0.25, 0.3) is 0 Å². The average Bonchev–Trinajstić information content (AvgIpc) is 2.41. The highest BCUT2D eigenvalue weighted by Gasteiger charge is 2.14. The minimum Gasteiger partial charge on any atom is -0.462 e. The van der Waals surface area contributed by atoms with E-state index in [1.165, 1.54) is 11.8 Å². The summed E-state index contributed by atoms with van der Waals surface area (Å²) >= 11 is 1.50. The molecule has 0 N–H and O–H groups in total. The van der Waals surface area contributed by atoms with Crippen molar-refractivity contribution in [1.29, 1.82) is 0 Å². The first-order valence-corrected chi connectivity index (χ1v) is 7.59. The Kier molecular flexibility index (Phi) is 6.42. The van der Waals surface area contributed by atoms with Crippen molar-refractivity contribution in [2.24, 2.45) is 0 Å². The highest BCUT2D eigenvalue weighted by atomic mass is 32.2. The fourth-order valence-electron chi connectivity index (χ4n) is 1.70. The van der Waals surface area contributed by atoms with E-state index < -0.39 is 0 Å². The number of rotatable bonds is 6. The number of ether oxygens (including phenoxy) is 1. The number of nitrogens with zero attached hydrogens (tertiary/aromatic N) is 1. The van der Waals surface area contributed by atoms with Crippen molar-refractivity contribution in [3.63, 3.8) is 0 Å². The molecule has 1 amide bonds. The van der Waals surface area contributed by atoms with Crippen LogP contribution in [0.3, 0.4) is 0 Å². The molecular formula is C14H19NO3S. The Balaban J connectivity index is 2.84. The lowest BCUT2D eigenvalue weighted by Gasteiger charge is -2.20. The maximum Gasteiger partial charge on any atom is 0.338 e. The van der Waals surface area contributed by atoms with Gasteiger partial charge in [0.25, 0.3) is 0 Å². The first-order valence-electron chi connectivity index (χ1n) is 6.20. The highest BCUT2D eigenvalue weighted by Crippen LogP contribution is 2.17. The van der Waals surface area contributed by atoms with E-state index in [9.17, 15) is 9.59 Å². The topological polar surface area (TPSA) is 46.6 Å². The van der Waals surface area contributed by atoms with E-state index in [0.29, 0.717) is 24.5 Å². The maximum absolute atomic E-state index is 11.9. The molecule has 0 saturated heterocycles. The van der Waals surface area contributed by atoms with Crippen LogP contribution in [-0.4, -0.2) is 37.0 Å². The quantitative estimate of drug-likeness (QED) is 0.752. The molecule has 0 atom stereocenters. The smallest absolute Gasteiger partial charge is 0.338 e. The largest absolute Gasteiger partial charge is 0.462 e.